The summed E-state index contributed by atoms with van der Waals surface area (Å²) in [6.07, 6.45) is -2.66. The fourth-order valence-corrected chi connectivity index (χ4v) is 2.09. The first-order chi connectivity index (χ1) is 5.39. The van der Waals surface area contributed by atoms with Crippen molar-refractivity contribution >= 4 is 13.3 Å². The fourth-order valence-electron chi connectivity index (χ4n) is 0.695. The van der Waals surface area contributed by atoms with E-state index >= 15 is 0 Å². The van der Waals surface area contributed by atoms with E-state index in [0.29, 0.717) is 0 Å². The van der Waals surface area contributed by atoms with Crippen LogP contribution in [0.5, 0.6) is 0 Å². The molecule has 72 valence electrons. The molecule has 12 heavy (non-hydrogen) atoms. The molecule has 6 heteroatoms. The molecule has 2 unspecified atom stereocenters. The number of rotatable bonds is 5. The Kier molecular flexibility index (Phi) is 4.42. The summed E-state index contributed by atoms with van der Waals surface area (Å²) in [7, 11) is -3.06. The van der Waals surface area contributed by atoms with Gasteiger partial charge in [0.2, 0.25) is 13.5 Å². The Morgan fingerprint density at radius 1 is 1.75 bits per heavy atom. The van der Waals surface area contributed by atoms with Gasteiger partial charge in [-0.3, -0.25) is 4.57 Å². The van der Waals surface area contributed by atoms with Crippen LogP contribution in [0.4, 0.5) is 4.39 Å². The molecule has 0 aliphatic heterocycles. The molecule has 0 rings (SSSR count). The largest absolute Gasteiger partial charge is 0.479 e. The van der Waals surface area contributed by atoms with Crippen LogP contribution in [0, 0.1) is 0 Å². The average Bonchev–Trinajstić information content (AvgIpc) is 1.85. The van der Waals surface area contributed by atoms with E-state index in [1.165, 1.54) is 6.66 Å². The SMILES string of the molecule is CCOP(C)(=O)CC(F)C(=O)O. The normalized spacial score (nSPS) is 18.2. The first kappa shape index (κ1) is 11.6. The zero-order valence-corrected chi connectivity index (χ0v) is 7.88. The summed E-state index contributed by atoms with van der Waals surface area (Å²) < 4.78 is 28.4. The van der Waals surface area contributed by atoms with Gasteiger partial charge < -0.3 is 9.63 Å². The number of carboxylic acid groups (broad SMARTS) is 1. The Balaban J connectivity index is 4.05. The summed E-state index contributed by atoms with van der Waals surface area (Å²) in [5.74, 6) is -1.60. The Morgan fingerprint density at radius 3 is 2.58 bits per heavy atom. The molecule has 4 nitrogen and oxygen atoms in total. The van der Waals surface area contributed by atoms with Crippen LogP contribution < -0.4 is 0 Å². The second-order valence-electron chi connectivity index (χ2n) is 2.42. The van der Waals surface area contributed by atoms with Gasteiger partial charge >= 0.3 is 5.97 Å². The Labute approximate surface area is 70.2 Å². The molecule has 0 fully saturated rings. The first-order valence-electron chi connectivity index (χ1n) is 3.47. The van der Waals surface area contributed by atoms with Gasteiger partial charge in [-0.15, -0.1) is 0 Å². The van der Waals surface area contributed by atoms with Crippen LogP contribution in [0.3, 0.4) is 0 Å². The van der Waals surface area contributed by atoms with E-state index in [1.807, 2.05) is 0 Å². The maximum absolute atomic E-state index is 12.5. The molecule has 0 spiro atoms. The molecule has 0 aliphatic rings. The summed E-state index contributed by atoms with van der Waals surface area (Å²) in [5.41, 5.74) is 0. The molecule has 0 bridgehead atoms. The van der Waals surface area contributed by atoms with Crippen LogP contribution in [0.2, 0.25) is 0 Å². The maximum Gasteiger partial charge on any atom is 0.338 e. The number of carbonyl (C=O) groups is 1. The number of halogens is 1. The molecule has 0 heterocycles. The second kappa shape index (κ2) is 4.58. The summed E-state index contributed by atoms with van der Waals surface area (Å²) in [4.78, 5) is 10.0. The van der Waals surface area contributed by atoms with E-state index < -0.39 is 25.7 Å². The van der Waals surface area contributed by atoms with Crippen molar-refractivity contribution in [2.75, 3.05) is 19.4 Å². The maximum atomic E-state index is 12.5. The third-order valence-electron chi connectivity index (χ3n) is 1.16. The lowest BCUT2D eigenvalue weighted by molar-refractivity contribution is -0.141. The van der Waals surface area contributed by atoms with Crippen LogP contribution >= 0.6 is 7.37 Å². The zero-order chi connectivity index (χ0) is 9.78. The van der Waals surface area contributed by atoms with Crippen molar-refractivity contribution in [1.82, 2.24) is 0 Å². The molecule has 0 radical (unpaired) electrons. The fraction of sp³-hybridized carbons (Fsp3) is 0.833. The number of aliphatic carboxylic acids is 1. The lowest BCUT2D eigenvalue weighted by Gasteiger charge is -2.12. The molecular formula is C6H12FO4P. The molecule has 0 saturated carbocycles. The zero-order valence-electron chi connectivity index (χ0n) is 6.99. The van der Waals surface area contributed by atoms with Crippen LogP contribution in [0.1, 0.15) is 6.92 Å². The van der Waals surface area contributed by atoms with Gasteiger partial charge in [0.25, 0.3) is 0 Å². The minimum absolute atomic E-state index is 0.195. The lowest BCUT2D eigenvalue weighted by atomic mass is 10.5. The van der Waals surface area contributed by atoms with Crippen molar-refractivity contribution in [1.29, 1.82) is 0 Å². The summed E-state index contributed by atoms with van der Waals surface area (Å²) in [5, 5.41) is 8.16. The highest BCUT2D eigenvalue weighted by atomic mass is 31.2. The number of carboxylic acids is 1. The predicted octanol–water partition coefficient (Wildman–Crippen LogP) is 1.35. The standard InChI is InChI=1S/C6H12FO4P/c1-3-11-12(2,10)4-5(7)6(8)9/h5H,3-4H2,1-2H3,(H,8,9). The third-order valence-corrected chi connectivity index (χ3v) is 2.95. The minimum Gasteiger partial charge on any atom is -0.479 e. The summed E-state index contributed by atoms with van der Waals surface area (Å²) in [6.45, 7) is 3.04. The van der Waals surface area contributed by atoms with Gasteiger partial charge in [-0.25, -0.2) is 9.18 Å². The Morgan fingerprint density at radius 2 is 2.25 bits per heavy atom. The molecule has 0 aromatic heterocycles. The van der Waals surface area contributed by atoms with E-state index in [9.17, 15) is 13.8 Å². The van der Waals surface area contributed by atoms with Gasteiger partial charge in [0, 0.05) is 6.66 Å². The quantitative estimate of drug-likeness (QED) is 0.677. The van der Waals surface area contributed by atoms with Crippen LogP contribution in [0.25, 0.3) is 0 Å². The van der Waals surface area contributed by atoms with Crippen molar-refractivity contribution in [3.63, 3.8) is 0 Å². The highest BCUT2D eigenvalue weighted by Gasteiger charge is 2.26. The van der Waals surface area contributed by atoms with Gasteiger partial charge in [-0.05, 0) is 6.92 Å². The number of hydrogen-bond donors (Lipinski definition) is 1. The molecule has 1 N–H and O–H groups in total. The van der Waals surface area contributed by atoms with Gasteiger partial charge in [-0.1, -0.05) is 0 Å². The smallest absolute Gasteiger partial charge is 0.338 e. The number of hydrogen-bond acceptors (Lipinski definition) is 3. The van der Waals surface area contributed by atoms with E-state index in [-0.39, 0.29) is 6.61 Å². The van der Waals surface area contributed by atoms with E-state index in [2.05, 4.69) is 0 Å². The Bertz CT molecular complexity index is 206. The molecule has 0 aliphatic carbocycles. The van der Waals surface area contributed by atoms with E-state index in [1.54, 1.807) is 6.92 Å². The van der Waals surface area contributed by atoms with Gasteiger partial charge in [-0.2, -0.15) is 0 Å². The van der Waals surface area contributed by atoms with Crippen LogP contribution in [-0.4, -0.2) is 36.7 Å². The molecule has 0 amide bonds. The Hall–Kier alpha value is -0.410. The average molecular weight is 198 g/mol. The monoisotopic (exact) mass is 198 g/mol. The molecule has 0 aromatic carbocycles. The topological polar surface area (TPSA) is 63.6 Å². The summed E-state index contributed by atoms with van der Waals surface area (Å²) in [6, 6.07) is 0. The van der Waals surface area contributed by atoms with Crippen LogP contribution in [0.15, 0.2) is 0 Å². The highest BCUT2D eigenvalue weighted by Crippen LogP contribution is 2.43. The minimum atomic E-state index is -3.06. The first-order valence-corrected chi connectivity index (χ1v) is 5.72. The van der Waals surface area contributed by atoms with Gasteiger partial charge in [0.15, 0.2) is 0 Å². The lowest BCUT2D eigenvalue weighted by Crippen LogP contribution is -2.19. The molecule has 0 saturated heterocycles. The second-order valence-corrected chi connectivity index (χ2v) is 5.07. The van der Waals surface area contributed by atoms with Crippen molar-refractivity contribution in [3.05, 3.63) is 0 Å². The van der Waals surface area contributed by atoms with Crippen molar-refractivity contribution in [3.8, 4) is 0 Å². The molecule has 0 aromatic rings. The molecule has 2 atom stereocenters. The molecular weight excluding hydrogens is 186 g/mol. The van der Waals surface area contributed by atoms with Crippen molar-refractivity contribution in [2.45, 2.75) is 13.1 Å². The van der Waals surface area contributed by atoms with Crippen molar-refractivity contribution < 1.29 is 23.4 Å². The number of alkyl halides is 1. The van der Waals surface area contributed by atoms with E-state index in [0.717, 1.165) is 0 Å². The van der Waals surface area contributed by atoms with Crippen LogP contribution in [-0.2, 0) is 13.9 Å². The van der Waals surface area contributed by atoms with Gasteiger partial charge in [0.05, 0.1) is 12.8 Å². The van der Waals surface area contributed by atoms with Crippen molar-refractivity contribution in [2.24, 2.45) is 0 Å². The highest BCUT2D eigenvalue weighted by molar-refractivity contribution is 7.58. The van der Waals surface area contributed by atoms with E-state index in [4.69, 9.17) is 9.63 Å². The predicted molar refractivity (Wildman–Crippen MR) is 42.6 cm³/mol. The third kappa shape index (κ3) is 4.46. The summed E-state index contributed by atoms with van der Waals surface area (Å²) >= 11 is 0. The van der Waals surface area contributed by atoms with Gasteiger partial charge in [0.1, 0.15) is 0 Å².